The van der Waals surface area contributed by atoms with Gasteiger partial charge in [0.25, 0.3) is 5.56 Å². The molecule has 2 heterocycles. The van der Waals surface area contributed by atoms with Crippen molar-refractivity contribution in [1.82, 2.24) is 14.5 Å². The van der Waals surface area contributed by atoms with Gasteiger partial charge in [-0.2, -0.15) is 0 Å². The number of aromatic nitrogens is 3. The third-order valence-corrected chi connectivity index (χ3v) is 3.53. The van der Waals surface area contributed by atoms with Gasteiger partial charge in [-0.3, -0.25) is 14.3 Å². The third kappa shape index (κ3) is 2.65. The fourth-order valence-corrected chi connectivity index (χ4v) is 2.36. The summed E-state index contributed by atoms with van der Waals surface area (Å²) < 4.78 is 1.12. The monoisotopic (exact) mass is 271 g/mol. The van der Waals surface area contributed by atoms with Crippen LogP contribution in [0.25, 0.3) is 0 Å². The molecule has 1 unspecified atom stereocenters. The molecule has 7 heteroatoms. The van der Waals surface area contributed by atoms with Crippen molar-refractivity contribution < 1.29 is 0 Å². The lowest BCUT2D eigenvalue weighted by Crippen LogP contribution is -2.35. The van der Waals surface area contributed by atoms with Crippen molar-refractivity contribution >= 4 is 22.9 Å². The predicted molar refractivity (Wildman–Crippen MR) is 66.9 cm³/mol. The van der Waals surface area contributed by atoms with Gasteiger partial charge in [-0.1, -0.05) is 18.5 Å². The van der Waals surface area contributed by atoms with Crippen molar-refractivity contribution in [1.29, 1.82) is 0 Å². The molecular formula is C10H10ClN3O2S. The van der Waals surface area contributed by atoms with E-state index in [0.29, 0.717) is 6.54 Å². The molecule has 0 amide bonds. The van der Waals surface area contributed by atoms with Gasteiger partial charge in [0.15, 0.2) is 0 Å². The minimum Gasteiger partial charge on any atom is -0.298 e. The molecule has 0 bridgehead atoms. The molecule has 0 aliphatic rings. The molecule has 1 atom stereocenters. The van der Waals surface area contributed by atoms with Crippen LogP contribution in [0.3, 0.4) is 0 Å². The number of thiazole rings is 1. The van der Waals surface area contributed by atoms with Crippen LogP contribution in [-0.2, 0) is 6.54 Å². The molecule has 0 aromatic carbocycles. The number of nitrogens with zero attached hydrogens (tertiary/aromatic N) is 2. The Hall–Kier alpha value is -1.40. The smallest absolute Gasteiger partial charge is 0.298 e. The highest BCUT2D eigenvalue weighted by molar-refractivity contribution is 7.09. The first-order valence-electron chi connectivity index (χ1n) is 4.97. The number of halogens is 1. The first-order chi connectivity index (χ1) is 8.08. The number of hydrogen-bond donors (Lipinski definition) is 1. The van der Waals surface area contributed by atoms with Gasteiger partial charge in [0.2, 0.25) is 0 Å². The fraction of sp³-hybridized carbons (Fsp3) is 0.300. The molecule has 2 aromatic rings. The topological polar surface area (TPSA) is 67.8 Å². The number of rotatable bonds is 3. The van der Waals surface area contributed by atoms with Crippen LogP contribution >= 0.6 is 22.9 Å². The maximum atomic E-state index is 11.6. The van der Waals surface area contributed by atoms with Crippen LogP contribution in [0.5, 0.6) is 0 Å². The van der Waals surface area contributed by atoms with Crippen LogP contribution in [0, 0.1) is 0 Å². The molecule has 0 aliphatic carbocycles. The second kappa shape index (κ2) is 4.85. The van der Waals surface area contributed by atoms with Crippen LogP contribution in [0.2, 0.25) is 5.15 Å². The molecule has 2 rings (SSSR count). The van der Waals surface area contributed by atoms with Gasteiger partial charge >= 0.3 is 5.69 Å². The van der Waals surface area contributed by atoms with Gasteiger partial charge in [0.05, 0.1) is 5.01 Å². The summed E-state index contributed by atoms with van der Waals surface area (Å²) >= 11 is 7.08. The minimum absolute atomic E-state index is 0.00924. The normalized spacial score (nSPS) is 12.6. The summed E-state index contributed by atoms with van der Waals surface area (Å²) in [7, 11) is 0. The summed E-state index contributed by atoms with van der Waals surface area (Å²) in [6, 6.07) is 1.19. The summed E-state index contributed by atoms with van der Waals surface area (Å²) in [4.78, 5) is 29.7. The van der Waals surface area contributed by atoms with Gasteiger partial charge in [-0.05, 0) is 0 Å². The van der Waals surface area contributed by atoms with Crippen molar-refractivity contribution in [3.8, 4) is 0 Å². The highest BCUT2D eigenvalue weighted by Gasteiger charge is 2.12. The largest absolute Gasteiger partial charge is 0.329 e. The molecule has 0 spiro atoms. The summed E-state index contributed by atoms with van der Waals surface area (Å²) in [6.07, 6.45) is 1.70. The maximum absolute atomic E-state index is 11.6. The van der Waals surface area contributed by atoms with E-state index in [1.54, 1.807) is 6.20 Å². The average molecular weight is 272 g/mol. The molecule has 5 nitrogen and oxygen atoms in total. The quantitative estimate of drug-likeness (QED) is 0.859. The van der Waals surface area contributed by atoms with E-state index >= 15 is 0 Å². The van der Waals surface area contributed by atoms with Gasteiger partial charge in [-0.25, -0.2) is 9.78 Å². The van der Waals surface area contributed by atoms with Crippen molar-refractivity contribution in [2.24, 2.45) is 0 Å². The van der Waals surface area contributed by atoms with Crippen LogP contribution in [0.4, 0.5) is 0 Å². The van der Waals surface area contributed by atoms with Gasteiger partial charge in [0, 0.05) is 30.1 Å². The number of nitrogens with one attached hydrogen (secondary N) is 1. The Kier molecular flexibility index (Phi) is 3.44. The van der Waals surface area contributed by atoms with E-state index in [1.165, 1.54) is 17.4 Å². The van der Waals surface area contributed by atoms with Crippen LogP contribution in [0.15, 0.2) is 27.2 Å². The van der Waals surface area contributed by atoms with Gasteiger partial charge < -0.3 is 0 Å². The Morgan fingerprint density at radius 2 is 2.35 bits per heavy atom. The van der Waals surface area contributed by atoms with E-state index in [1.807, 2.05) is 12.3 Å². The van der Waals surface area contributed by atoms with Crippen molar-refractivity contribution in [2.75, 3.05) is 0 Å². The maximum Gasteiger partial charge on any atom is 0.329 e. The Bertz CT molecular complexity index is 586. The lowest BCUT2D eigenvalue weighted by Gasteiger charge is -2.09. The predicted octanol–water partition coefficient (Wildman–Crippen LogP) is 1.45. The molecule has 0 radical (unpaired) electrons. The van der Waals surface area contributed by atoms with E-state index in [2.05, 4.69) is 9.97 Å². The summed E-state index contributed by atoms with van der Waals surface area (Å²) in [5.74, 6) is 0.00924. The van der Waals surface area contributed by atoms with E-state index < -0.39 is 11.2 Å². The van der Waals surface area contributed by atoms with E-state index in [4.69, 9.17) is 11.6 Å². The van der Waals surface area contributed by atoms with Crippen LogP contribution in [0.1, 0.15) is 17.8 Å². The molecular weight excluding hydrogens is 262 g/mol. The molecule has 90 valence electrons. The first-order valence-corrected chi connectivity index (χ1v) is 6.22. The molecule has 0 saturated carbocycles. The SMILES string of the molecule is CC(Cn1c(=O)cc(Cl)[nH]c1=O)c1nccs1. The van der Waals surface area contributed by atoms with Crippen LogP contribution in [-0.4, -0.2) is 14.5 Å². The molecule has 17 heavy (non-hydrogen) atoms. The Balaban J connectivity index is 2.31. The Morgan fingerprint density at radius 1 is 1.59 bits per heavy atom. The summed E-state index contributed by atoms with van der Waals surface area (Å²) in [5.41, 5.74) is -0.895. The zero-order valence-corrected chi connectivity index (χ0v) is 10.6. The third-order valence-electron chi connectivity index (χ3n) is 2.32. The number of aromatic amines is 1. The van der Waals surface area contributed by atoms with Gasteiger partial charge in [-0.15, -0.1) is 11.3 Å². The van der Waals surface area contributed by atoms with E-state index in [-0.39, 0.29) is 11.1 Å². The lowest BCUT2D eigenvalue weighted by molar-refractivity contribution is 0.552. The number of hydrogen-bond acceptors (Lipinski definition) is 4. The zero-order valence-electron chi connectivity index (χ0n) is 9.01. The van der Waals surface area contributed by atoms with E-state index in [0.717, 1.165) is 9.57 Å². The van der Waals surface area contributed by atoms with Crippen molar-refractivity contribution in [2.45, 2.75) is 19.4 Å². The average Bonchev–Trinajstić information content (AvgIpc) is 2.76. The molecule has 0 fully saturated rings. The van der Waals surface area contributed by atoms with Crippen molar-refractivity contribution in [3.05, 3.63) is 48.6 Å². The second-order valence-electron chi connectivity index (χ2n) is 3.64. The van der Waals surface area contributed by atoms with Crippen LogP contribution < -0.4 is 11.2 Å². The minimum atomic E-state index is -0.495. The molecule has 0 aliphatic heterocycles. The summed E-state index contributed by atoms with van der Waals surface area (Å²) in [5, 5.41) is 2.81. The fourth-order valence-electron chi connectivity index (χ4n) is 1.49. The first kappa shape index (κ1) is 12.1. The lowest BCUT2D eigenvalue weighted by atomic mass is 10.2. The van der Waals surface area contributed by atoms with Crippen molar-refractivity contribution in [3.63, 3.8) is 0 Å². The standard InChI is InChI=1S/C10H10ClN3O2S/c1-6(9-12-2-3-17-9)5-14-8(15)4-7(11)13-10(14)16/h2-4,6H,5H2,1H3,(H,13,16). The van der Waals surface area contributed by atoms with Gasteiger partial charge in [0.1, 0.15) is 5.15 Å². The van der Waals surface area contributed by atoms with E-state index in [9.17, 15) is 9.59 Å². The molecule has 0 saturated heterocycles. The number of H-pyrrole nitrogens is 1. The zero-order chi connectivity index (χ0) is 12.4. The highest BCUT2D eigenvalue weighted by atomic mass is 35.5. The Labute approximate surface area is 106 Å². The molecule has 1 N–H and O–H groups in total. The highest BCUT2D eigenvalue weighted by Crippen LogP contribution is 2.18. The Morgan fingerprint density at radius 3 is 2.94 bits per heavy atom. The summed E-state index contributed by atoms with van der Waals surface area (Å²) in [6.45, 7) is 2.21. The second-order valence-corrected chi connectivity index (χ2v) is 4.98. The molecule has 2 aromatic heterocycles.